The fraction of sp³-hybridized carbons (Fsp3) is 0.231. The molecule has 8 nitrogen and oxygen atoms in total. The van der Waals surface area contributed by atoms with Gasteiger partial charge in [0.1, 0.15) is 5.75 Å². The van der Waals surface area contributed by atoms with E-state index in [4.69, 9.17) is 18.9 Å². The number of hydrogen-bond donors (Lipinski definition) is 1. The van der Waals surface area contributed by atoms with Gasteiger partial charge < -0.3 is 28.8 Å². The molecule has 0 saturated carbocycles. The van der Waals surface area contributed by atoms with Gasteiger partial charge >= 0.3 is 6.36 Å². The average molecular weight is 555 g/mol. The molecule has 0 aliphatic heterocycles. The van der Waals surface area contributed by atoms with E-state index >= 15 is 0 Å². The normalized spacial score (nSPS) is 11.9. The summed E-state index contributed by atoms with van der Waals surface area (Å²) in [5.41, 5.74) is 1.26. The maximum absolute atomic E-state index is 13.1. The zero-order chi connectivity index (χ0) is 28.1. The summed E-state index contributed by atoms with van der Waals surface area (Å²) in [6.07, 6.45) is -1.65. The van der Waals surface area contributed by atoms with Crippen LogP contribution in [0.15, 0.2) is 53.4 Å². The van der Waals surface area contributed by atoms with Gasteiger partial charge in [-0.15, -0.1) is 13.2 Å². The monoisotopic (exact) mass is 554 g/mol. The number of halogens is 3. The number of hydrogen-bond acceptors (Lipinski definition) is 8. The second kappa shape index (κ2) is 11.5. The predicted octanol–water partition coefficient (Wildman–Crippen LogP) is 5.47. The quantitative estimate of drug-likeness (QED) is 0.330. The molecule has 0 aliphatic carbocycles. The minimum atomic E-state index is -4.90. The fourth-order valence-electron chi connectivity index (χ4n) is 3.59. The second-order valence-corrected chi connectivity index (χ2v) is 9.78. The van der Waals surface area contributed by atoms with Crippen molar-refractivity contribution < 1.29 is 50.4 Å². The molecule has 0 aromatic heterocycles. The summed E-state index contributed by atoms with van der Waals surface area (Å²) in [5.74, 6) is -0.0298. The van der Waals surface area contributed by atoms with Gasteiger partial charge in [-0.05, 0) is 65.2 Å². The highest BCUT2D eigenvalue weighted by atomic mass is 32.2. The van der Waals surface area contributed by atoms with Crippen LogP contribution in [0, 0.1) is 0 Å². The van der Waals surface area contributed by atoms with E-state index in [1.54, 1.807) is 24.3 Å². The third-order valence-electron chi connectivity index (χ3n) is 5.35. The summed E-state index contributed by atoms with van der Waals surface area (Å²) in [6, 6.07) is 9.98. The zero-order valence-electron chi connectivity index (χ0n) is 20.8. The number of phenols is 1. The Hall–Kier alpha value is -4.06. The first-order chi connectivity index (χ1) is 17.9. The maximum atomic E-state index is 13.1. The molecule has 0 unspecified atom stereocenters. The Morgan fingerprint density at radius 1 is 0.816 bits per heavy atom. The molecule has 3 aromatic carbocycles. The van der Waals surface area contributed by atoms with Gasteiger partial charge in [0.2, 0.25) is 5.75 Å². The van der Waals surface area contributed by atoms with Gasteiger partial charge in [0.15, 0.2) is 32.8 Å². The molecule has 0 amide bonds. The van der Waals surface area contributed by atoms with Crippen molar-refractivity contribution in [3.05, 3.63) is 65.2 Å². The van der Waals surface area contributed by atoms with Gasteiger partial charge in [-0.2, -0.15) is 0 Å². The number of benzene rings is 3. The lowest BCUT2D eigenvalue weighted by Gasteiger charge is -2.14. The molecule has 204 valence electrons. The van der Waals surface area contributed by atoms with Crippen molar-refractivity contribution in [3.63, 3.8) is 0 Å². The number of aromatic hydroxyl groups is 1. The zero-order valence-corrected chi connectivity index (χ0v) is 21.6. The molecule has 0 aliphatic rings. The Kier molecular flexibility index (Phi) is 8.67. The van der Waals surface area contributed by atoms with E-state index in [1.165, 1.54) is 40.6 Å². The summed E-state index contributed by atoms with van der Waals surface area (Å²) in [4.78, 5) is -0.210. The first-order valence-electron chi connectivity index (χ1n) is 10.9. The first-order valence-corrected chi connectivity index (χ1v) is 12.5. The van der Waals surface area contributed by atoms with Crippen molar-refractivity contribution in [1.29, 1.82) is 0 Å². The molecule has 12 heteroatoms. The van der Waals surface area contributed by atoms with Gasteiger partial charge in [-0.3, -0.25) is 0 Å². The molecule has 0 bridgehead atoms. The Morgan fingerprint density at radius 3 is 1.89 bits per heavy atom. The van der Waals surface area contributed by atoms with Gasteiger partial charge in [0.05, 0.1) is 39.1 Å². The SMILES string of the molecule is COc1cc(CS(=O)(=O)c2ccc(OC(F)(F)F)cc2)c(/C=C\c2cc(OC)c(OC)c(OC)c2)cc1O. The molecule has 3 aromatic rings. The molecule has 0 saturated heterocycles. The summed E-state index contributed by atoms with van der Waals surface area (Å²) >= 11 is 0. The molecule has 0 atom stereocenters. The van der Waals surface area contributed by atoms with Crippen molar-refractivity contribution in [2.45, 2.75) is 17.0 Å². The van der Waals surface area contributed by atoms with E-state index in [0.29, 0.717) is 28.4 Å². The standard InChI is InChI=1S/C26H25F3O8S/c1-33-22-14-18(15-38(31,32)20-9-7-19(8-10-20)37-26(27,28)29)17(13-21(22)30)6-5-16-11-23(34-2)25(36-4)24(12-16)35-3/h5-14,30H,15H2,1-4H3/b6-5-. The van der Waals surface area contributed by atoms with Crippen LogP contribution < -0.4 is 23.7 Å². The third-order valence-corrected chi connectivity index (χ3v) is 7.03. The van der Waals surface area contributed by atoms with E-state index in [0.717, 1.165) is 24.3 Å². The summed E-state index contributed by atoms with van der Waals surface area (Å²) in [7, 11) is 1.72. The number of rotatable bonds is 10. The van der Waals surface area contributed by atoms with Crippen LogP contribution >= 0.6 is 0 Å². The topological polar surface area (TPSA) is 101 Å². The largest absolute Gasteiger partial charge is 0.573 e. The number of methoxy groups -OCH3 is 4. The summed E-state index contributed by atoms with van der Waals surface area (Å²) in [6.45, 7) is 0. The van der Waals surface area contributed by atoms with Gasteiger partial charge in [-0.1, -0.05) is 12.2 Å². The van der Waals surface area contributed by atoms with E-state index in [-0.39, 0.29) is 22.0 Å². The number of alkyl halides is 3. The minimum Gasteiger partial charge on any atom is -0.504 e. The predicted molar refractivity (Wildman–Crippen MR) is 134 cm³/mol. The molecule has 0 fully saturated rings. The molecule has 0 spiro atoms. The van der Waals surface area contributed by atoms with E-state index in [1.807, 2.05) is 0 Å². The molecule has 38 heavy (non-hydrogen) atoms. The van der Waals surface area contributed by atoms with Crippen LogP contribution in [0.4, 0.5) is 13.2 Å². The summed E-state index contributed by atoms with van der Waals surface area (Å²) < 4.78 is 88.5. The molecule has 0 radical (unpaired) electrons. The molecule has 3 rings (SSSR count). The van der Waals surface area contributed by atoms with E-state index in [9.17, 15) is 26.7 Å². The first kappa shape index (κ1) is 28.5. The Balaban J connectivity index is 1.99. The third kappa shape index (κ3) is 6.82. The lowest BCUT2D eigenvalue weighted by Crippen LogP contribution is -2.17. The van der Waals surface area contributed by atoms with Crippen molar-refractivity contribution in [3.8, 4) is 34.5 Å². The van der Waals surface area contributed by atoms with Crippen molar-refractivity contribution >= 4 is 22.0 Å². The molecule has 0 heterocycles. The number of sulfone groups is 1. The fourth-order valence-corrected chi connectivity index (χ4v) is 4.97. The summed E-state index contributed by atoms with van der Waals surface area (Å²) in [5, 5.41) is 10.3. The van der Waals surface area contributed by atoms with Crippen LogP contribution in [0.5, 0.6) is 34.5 Å². The highest BCUT2D eigenvalue weighted by Crippen LogP contribution is 2.39. The molecular formula is C26H25F3O8S. The van der Waals surface area contributed by atoms with Crippen LogP contribution in [-0.4, -0.2) is 48.3 Å². The van der Waals surface area contributed by atoms with Gasteiger partial charge in [-0.25, -0.2) is 8.42 Å². The van der Waals surface area contributed by atoms with Crippen LogP contribution in [0.25, 0.3) is 12.2 Å². The van der Waals surface area contributed by atoms with Crippen LogP contribution in [0.2, 0.25) is 0 Å². The van der Waals surface area contributed by atoms with Crippen LogP contribution in [0.3, 0.4) is 0 Å². The number of phenolic OH excluding ortho intramolecular Hbond substituents is 1. The van der Waals surface area contributed by atoms with E-state index in [2.05, 4.69) is 4.74 Å². The van der Waals surface area contributed by atoms with Gasteiger partial charge in [0, 0.05) is 0 Å². The smallest absolute Gasteiger partial charge is 0.504 e. The van der Waals surface area contributed by atoms with Crippen molar-refractivity contribution in [2.24, 2.45) is 0 Å². The van der Waals surface area contributed by atoms with E-state index < -0.39 is 27.7 Å². The Morgan fingerprint density at radius 2 is 1.39 bits per heavy atom. The van der Waals surface area contributed by atoms with Crippen molar-refractivity contribution in [1.82, 2.24) is 0 Å². The Labute approximate surface area is 217 Å². The van der Waals surface area contributed by atoms with Crippen LogP contribution in [0.1, 0.15) is 16.7 Å². The highest BCUT2D eigenvalue weighted by Gasteiger charge is 2.31. The van der Waals surface area contributed by atoms with Gasteiger partial charge in [0.25, 0.3) is 0 Å². The maximum Gasteiger partial charge on any atom is 0.573 e. The second-order valence-electron chi connectivity index (χ2n) is 7.79. The van der Waals surface area contributed by atoms with Crippen LogP contribution in [-0.2, 0) is 15.6 Å². The minimum absolute atomic E-state index is 0.0501. The molecular weight excluding hydrogens is 529 g/mol. The average Bonchev–Trinajstić information content (AvgIpc) is 2.87. The Bertz CT molecular complexity index is 1390. The number of ether oxygens (including phenoxy) is 5. The van der Waals surface area contributed by atoms with Crippen molar-refractivity contribution in [2.75, 3.05) is 28.4 Å². The lowest BCUT2D eigenvalue weighted by molar-refractivity contribution is -0.274. The molecule has 1 N–H and O–H groups in total. The lowest BCUT2D eigenvalue weighted by atomic mass is 10.1. The highest BCUT2D eigenvalue weighted by molar-refractivity contribution is 7.90.